The number of aromatic nitrogens is 1. The highest BCUT2D eigenvalue weighted by Gasteiger charge is 2.07. The van der Waals surface area contributed by atoms with E-state index in [4.69, 9.17) is 0 Å². The Hall–Kier alpha value is -1.10. The summed E-state index contributed by atoms with van der Waals surface area (Å²) < 4.78 is 26.7. The molecule has 1 aromatic heterocycles. The molecule has 0 spiro atoms. The summed E-state index contributed by atoms with van der Waals surface area (Å²) in [5.41, 5.74) is 0.942. The first-order chi connectivity index (χ1) is 6.65. The van der Waals surface area contributed by atoms with Crippen molar-refractivity contribution in [3.63, 3.8) is 0 Å². The molecule has 0 aliphatic carbocycles. The largest absolute Gasteiger partial charge is 0.238 e. The number of halogens is 1. The van der Waals surface area contributed by atoms with Crippen molar-refractivity contribution in [3.05, 3.63) is 29.3 Å². The molecule has 0 atom stereocenters. The van der Waals surface area contributed by atoms with E-state index in [9.17, 15) is 8.60 Å². The lowest BCUT2D eigenvalue weighted by Gasteiger charge is -2.05. The Labute approximate surface area is 85.7 Å². The highest BCUT2D eigenvalue weighted by Crippen LogP contribution is 2.16. The summed E-state index contributed by atoms with van der Waals surface area (Å²) in [5.74, 6) is -0.391. The van der Waals surface area contributed by atoms with Crippen molar-refractivity contribution in [2.45, 2.75) is 19.8 Å². The van der Waals surface area contributed by atoms with Gasteiger partial charge in [-0.15, -0.1) is 0 Å². The van der Waals surface area contributed by atoms with Crippen LogP contribution in [0.1, 0.15) is 31.0 Å². The van der Waals surface area contributed by atoms with Gasteiger partial charge in [-0.25, -0.2) is 9.19 Å². The number of pyridine rings is 1. The topological polar surface area (TPSA) is 42.3 Å². The quantitative estimate of drug-likeness (QED) is 0.472. The van der Waals surface area contributed by atoms with Gasteiger partial charge in [0, 0.05) is 5.56 Å². The molecular formula is C9H11FN2OS. The standard InChI is InChI=1S/C9H11FN2OS/c1-6(2)8-4-3-7(5-11-14-13)12-9(8)10/h3-6,14H,1-2H3/b11-5+. The van der Waals surface area contributed by atoms with Crippen LogP contribution < -0.4 is 0 Å². The summed E-state index contributed by atoms with van der Waals surface area (Å²) in [5, 5.41) is 0. The van der Waals surface area contributed by atoms with Crippen molar-refractivity contribution in [2.75, 3.05) is 0 Å². The second kappa shape index (κ2) is 4.95. The van der Waals surface area contributed by atoms with Crippen LogP contribution in [0.15, 0.2) is 16.5 Å². The van der Waals surface area contributed by atoms with Crippen LogP contribution in [-0.4, -0.2) is 15.4 Å². The molecule has 0 unspecified atom stereocenters. The van der Waals surface area contributed by atoms with E-state index in [0.717, 1.165) is 0 Å². The highest BCUT2D eigenvalue weighted by molar-refractivity contribution is 7.64. The molecule has 1 aromatic rings. The zero-order valence-electron chi connectivity index (χ0n) is 7.94. The molecular weight excluding hydrogens is 203 g/mol. The van der Waals surface area contributed by atoms with E-state index in [2.05, 4.69) is 9.38 Å². The molecule has 0 aromatic carbocycles. The Kier molecular flexibility index (Phi) is 3.88. The van der Waals surface area contributed by atoms with Gasteiger partial charge in [0.25, 0.3) is 0 Å². The van der Waals surface area contributed by atoms with Crippen molar-refractivity contribution < 1.29 is 8.60 Å². The normalized spacial score (nSPS) is 11.4. The van der Waals surface area contributed by atoms with E-state index in [0.29, 0.717) is 11.3 Å². The van der Waals surface area contributed by atoms with E-state index in [-0.39, 0.29) is 17.8 Å². The van der Waals surface area contributed by atoms with Gasteiger partial charge < -0.3 is 0 Å². The lowest BCUT2D eigenvalue weighted by molar-refractivity contribution is 0.556. The maximum atomic E-state index is 13.3. The lowest BCUT2D eigenvalue weighted by Crippen LogP contribution is -1.99. The minimum Gasteiger partial charge on any atom is -0.238 e. The van der Waals surface area contributed by atoms with Crippen molar-refractivity contribution in [3.8, 4) is 0 Å². The summed E-state index contributed by atoms with van der Waals surface area (Å²) in [4.78, 5) is 3.67. The van der Waals surface area contributed by atoms with Gasteiger partial charge in [-0.05, 0) is 12.0 Å². The highest BCUT2D eigenvalue weighted by atomic mass is 32.2. The second-order valence-corrected chi connectivity index (χ2v) is 3.49. The molecule has 0 saturated carbocycles. The van der Waals surface area contributed by atoms with Crippen LogP contribution >= 0.6 is 0 Å². The summed E-state index contributed by atoms with van der Waals surface area (Å²) >= 11 is -0.350. The van der Waals surface area contributed by atoms with Crippen molar-refractivity contribution in [1.82, 2.24) is 4.98 Å². The fourth-order valence-corrected chi connectivity index (χ4v) is 1.21. The van der Waals surface area contributed by atoms with Gasteiger partial charge in [-0.1, -0.05) is 19.9 Å². The number of rotatable bonds is 3. The average Bonchev–Trinajstić information content (AvgIpc) is 2.14. The van der Waals surface area contributed by atoms with Gasteiger partial charge in [0.2, 0.25) is 5.95 Å². The van der Waals surface area contributed by atoms with Crippen LogP contribution in [0.2, 0.25) is 0 Å². The van der Waals surface area contributed by atoms with Crippen LogP contribution in [-0.2, 0) is 11.9 Å². The molecule has 0 bridgehead atoms. The molecule has 0 amide bonds. The van der Waals surface area contributed by atoms with Crippen molar-refractivity contribution in [2.24, 2.45) is 4.40 Å². The molecule has 0 aliphatic rings. The number of hydrogen-bond donors (Lipinski definition) is 1. The number of nitrogens with zero attached hydrogens (tertiary/aromatic N) is 2. The zero-order valence-corrected chi connectivity index (χ0v) is 8.83. The predicted molar refractivity (Wildman–Crippen MR) is 55.4 cm³/mol. The Morgan fingerprint density at radius 2 is 2.29 bits per heavy atom. The number of thiol groups is 1. The number of hydrogen-bond acceptors (Lipinski definition) is 2. The lowest BCUT2D eigenvalue weighted by atomic mass is 10.1. The SMILES string of the molecule is CC(C)c1ccc(/C=N/[SH]=O)nc1F. The van der Waals surface area contributed by atoms with Crippen LogP contribution in [0, 0.1) is 5.95 Å². The fourth-order valence-electron chi connectivity index (χ4n) is 1.04. The first kappa shape index (κ1) is 11.0. The molecule has 0 N–H and O–H groups in total. The molecule has 0 radical (unpaired) electrons. The first-order valence-electron chi connectivity index (χ1n) is 4.17. The maximum absolute atomic E-state index is 13.3. The molecule has 0 saturated heterocycles. The Balaban J connectivity index is 3.00. The van der Waals surface area contributed by atoms with Gasteiger partial charge in [0.05, 0.1) is 11.9 Å². The zero-order chi connectivity index (χ0) is 10.6. The van der Waals surface area contributed by atoms with Gasteiger partial charge >= 0.3 is 0 Å². The maximum Gasteiger partial charge on any atom is 0.216 e. The molecule has 0 fully saturated rings. The fraction of sp³-hybridized carbons (Fsp3) is 0.333. The third kappa shape index (κ3) is 2.70. The molecule has 76 valence electrons. The molecule has 14 heavy (non-hydrogen) atoms. The smallest absolute Gasteiger partial charge is 0.216 e. The molecule has 1 rings (SSSR count). The Morgan fingerprint density at radius 1 is 1.57 bits per heavy atom. The van der Waals surface area contributed by atoms with Gasteiger partial charge in [-0.2, -0.15) is 8.79 Å². The van der Waals surface area contributed by atoms with E-state index in [1.807, 2.05) is 13.8 Å². The average molecular weight is 214 g/mol. The van der Waals surface area contributed by atoms with E-state index >= 15 is 0 Å². The molecule has 3 nitrogen and oxygen atoms in total. The molecule has 5 heteroatoms. The van der Waals surface area contributed by atoms with Gasteiger partial charge in [0.1, 0.15) is 11.9 Å². The first-order valence-corrected chi connectivity index (χ1v) is 4.93. The summed E-state index contributed by atoms with van der Waals surface area (Å²) in [6, 6.07) is 3.31. The third-order valence-electron chi connectivity index (χ3n) is 1.76. The minimum atomic E-state index is -0.494. The van der Waals surface area contributed by atoms with Crippen LogP contribution in [0.5, 0.6) is 0 Å². The van der Waals surface area contributed by atoms with E-state index in [1.54, 1.807) is 12.1 Å². The van der Waals surface area contributed by atoms with Crippen LogP contribution in [0.25, 0.3) is 0 Å². The summed E-state index contributed by atoms with van der Waals surface area (Å²) in [6.07, 6.45) is 1.27. The van der Waals surface area contributed by atoms with Crippen LogP contribution in [0.4, 0.5) is 4.39 Å². The molecule has 1 heterocycles. The monoisotopic (exact) mass is 214 g/mol. The Morgan fingerprint density at radius 3 is 2.79 bits per heavy atom. The van der Waals surface area contributed by atoms with Crippen molar-refractivity contribution in [1.29, 1.82) is 0 Å². The van der Waals surface area contributed by atoms with Gasteiger partial charge in [0.15, 0.2) is 0 Å². The Bertz CT molecular complexity index is 366. The predicted octanol–water partition coefficient (Wildman–Crippen LogP) is 1.62. The third-order valence-corrected chi connectivity index (χ3v) is 1.97. The molecule has 0 aliphatic heterocycles. The summed E-state index contributed by atoms with van der Waals surface area (Å²) in [6.45, 7) is 3.79. The van der Waals surface area contributed by atoms with Gasteiger partial charge in [-0.3, -0.25) is 0 Å². The van der Waals surface area contributed by atoms with Crippen molar-refractivity contribution >= 4 is 18.1 Å². The van der Waals surface area contributed by atoms with E-state index < -0.39 is 5.95 Å². The van der Waals surface area contributed by atoms with E-state index in [1.165, 1.54) is 6.21 Å². The minimum absolute atomic E-state index is 0.103. The van der Waals surface area contributed by atoms with Crippen LogP contribution in [0.3, 0.4) is 0 Å². The summed E-state index contributed by atoms with van der Waals surface area (Å²) in [7, 11) is 0. The second-order valence-electron chi connectivity index (χ2n) is 3.10.